The summed E-state index contributed by atoms with van der Waals surface area (Å²) in [7, 11) is 0. The highest BCUT2D eigenvalue weighted by Gasteiger charge is 2.31. The van der Waals surface area contributed by atoms with Gasteiger partial charge in [0.05, 0.1) is 0 Å². The molecule has 0 bridgehead atoms. The summed E-state index contributed by atoms with van der Waals surface area (Å²) in [5, 5.41) is 2.78. The molecule has 1 aromatic carbocycles. The van der Waals surface area contributed by atoms with Gasteiger partial charge >= 0.3 is 0 Å². The number of nitrogens with two attached hydrogens (primary N) is 1. The number of aromatic nitrogens is 1. The molecule has 1 aliphatic heterocycles. The second-order valence-corrected chi connectivity index (χ2v) is 7.13. The maximum Gasteiger partial charge on any atom is 0.273 e. The highest BCUT2D eigenvalue weighted by molar-refractivity contribution is 7.13. The van der Waals surface area contributed by atoms with Crippen LogP contribution in [0.3, 0.4) is 0 Å². The lowest BCUT2D eigenvalue weighted by atomic mass is 9.96. The van der Waals surface area contributed by atoms with Crippen LogP contribution in [0.1, 0.15) is 42.2 Å². The second-order valence-electron chi connectivity index (χ2n) is 6.27. The molecule has 0 spiro atoms. The normalized spacial score (nSPS) is 18.8. The minimum absolute atomic E-state index is 0. The summed E-state index contributed by atoms with van der Waals surface area (Å²) in [5.74, 6) is 0.0167. The van der Waals surface area contributed by atoms with Crippen LogP contribution in [-0.4, -0.2) is 34.4 Å². The molecule has 1 amide bonds. The number of thiazole rings is 1. The van der Waals surface area contributed by atoms with Gasteiger partial charge in [-0.1, -0.05) is 24.3 Å². The summed E-state index contributed by atoms with van der Waals surface area (Å²) in [4.78, 5) is 19.4. The second kappa shape index (κ2) is 8.10. The lowest BCUT2D eigenvalue weighted by Gasteiger charge is -2.37. The van der Waals surface area contributed by atoms with Crippen molar-refractivity contribution in [1.29, 1.82) is 0 Å². The van der Waals surface area contributed by atoms with E-state index in [0.717, 1.165) is 36.4 Å². The van der Waals surface area contributed by atoms with E-state index < -0.39 is 0 Å². The topological polar surface area (TPSA) is 59.2 Å². The Morgan fingerprint density at radius 2 is 2.12 bits per heavy atom. The molecule has 130 valence electrons. The van der Waals surface area contributed by atoms with E-state index in [4.69, 9.17) is 5.73 Å². The molecule has 1 saturated heterocycles. The van der Waals surface area contributed by atoms with E-state index in [1.165, 1.54) is 16.9 Å². The fraction of sp³-hybridized carbons (Fsp3) is 0.444. The number of carbonyl (C=O) groups is 1. The van der Waals surface area contributed by atoms with Gasteiger partial charge in [-0.05, 0) is 38.7 Å². The highest BCUT2D eigenvalue weighted by Crippen LogP contribution is 2.28. The molecule has 0 aliphatic carbocycles. The molecule has 6 heteroatoms. The van der Waals surface area contributed by atoms with Crippen molar-refractivity contribution in [3.05, 3.63) is 40.9 Å². The van der Waals surface area contributed by atoms with Crippen molar-refractivity contribution in [3.63, 3.8) is 0 Å². The lowest BCUT2D eigenvalue weighted by molar-refractivity contribution is 0.0578. The first kappa shape index (κ1) is 18.9. The van der Waals surface area contributed by atoms with Crippen molar-refractivity contribution < 1.29 is 4.79 Å². The fourth-order valence-electron chi connectivity index (χ4n) is 3.21. The van der Waals surface area contributed by atoms with Crippen LogP contribution < -0.4 is 5.73 Å². The highest BCUT2D eigenvalue weighted by atomic mass is 35.5. The van der Waals surface area contributed by atoms with Crippen LogP contribution in [0.4, 0.5) is 0 Å². The zero-order chi connectivity index (χ0) is 16.4. The minimum atomic E-state index is -0.00581. The van der Waals surface area contributed by atoms with Gasteiger partial charge in [0, 0.05) is 29.6 Å². The van der Waals surface area contributed by atoms with Gasteiger partial charge in [-0.2, -0.15) is 0 Å². The van der Waals surface area contributed by atoms with Crippen LogP contribution in [0.25, 0.3) is 10.6 Å². The van der Waals surface area contributed by atoms with Gasteiger partial charge in [-0.25, -0.2) is 4.98 Å². The fourth-order valence-corrected chi connectivity index (χ4v) is 4.10. The number of likely N-dealkylation sites (tertiary alicyclic amines) is 1. The molecule has 2 heterocycles. The third-order valence-corrected chi connectivity index (χ3v) is 5.39. The van der Waals surface area contributed by atoms with E-state index >= 15 is 0 Å². The SMILES string of the molecule is Cc1ccccc1-c1nc(C(=O)N2CCCCC2C(C)N)cs1.Cl. The molecule has 2 aromatic rings. The quantitative estimate of drug-likeness (QED) is 0.897. The number of aryl methyl sites for hydroxylation is 1. The number of hydrogen-bond acceptors (Lipinski definition) is 4. The molecule has 4 nitrogen and oxygen atoms in total. The molecule has 2 atom stereocenters. The maximum absolute atomic E-state index is 12.9. The van der Waals surface area contributed by atoms with Crippen LogP contribution in [0.15, 0.2) is 29.6 Å². The molecule has 2 unspecified atom stereocenters. The first-order valence-corrected chi connectivity index (χ1v) is 9.04. The Morgan fingerprint density at radius 3 is 2.83 bits per heavy atom. The molecule has 1 fully saturated rings. The Hall–Kier alpha value is -1.43. The minimum Gasteiger partial charge on any atom is -0.333 e. The Balaban J connectivity index is 0.00000208. The number of nitrogens with zero attached hydrogens (tertiary/aromatic N) is 2. The van der Waals surface area contributed by atoms with Crippen molar-refractivity contribution in [2.45, 2.75) is 45.2 Å². The van der Waals surface area contributed by atoms with Crippen LogP contribution in [0.5, 0.6) is 0 Å². The molecular formula is C18H24ClN3OS. The smallest absolute Gasteiger partial charge is 0.273 e. The molecule has 1 aliphatic rings. The van der Waals surface area contributed by atoms with Crippen molar-refractivity contribution in [2.75, 3.05) is 6.54 Å². The van der Waals surface area contributed by atoms with Crippen molar-refractivity contribution in [2.24, 2.45) is 5.73 Å². The van der Waals surface area contributed by atoms with Gasteiger partial charge in [0.25, 0.3) is 5.91 Å². The molecule has 0 saturated carbocycles. The number of benzene rings is 1. The predicted molar refractivity (Wildman–Crippen MR) is 102 cm³/mol. The summed E-state index contributed by atoms with van der Waals surface area (Å²) < 4.78 is 0. The van der Waals surface area contributed by atoms with E-state index in [9.17, 15) is 4.79 Å². The molecule has 2 N–H and O–H groups in total. The average molecular weight is 366 g/mol. The van der Waals surface area contributed by atoms with Crippen molar-refractivity contribution in [3.8, 4) is 10.6 Å². The van der Waals surface area contributed by atoms with Gasteiger partial charge < -0.3 is 10.6 Å². The van der Waals surface area contributed by atoms with Crippen molar-refractivity contribution >= 4 is 29.7 Å². The molecule has 0 radical (unpaired) electrons. The third-order valence-electron chi connectivity index (χ3n) is 4.52. The summed E-state index contributed by atoms with van der Waals surface area (Å²) in [6.45, 7) is 4.83. The standard InChI is InChI=1S/C18H23N3OS.ClH/c1-12-7-3-4-8-14(12)17-20-15(11-23-17)18(22)21-10-6-5-9-16(21)13(2)19;/h3-4,7-8,11,13,16H,5-6,9-10,19H2,1-2H3;1H. The number of piperidine rings is 1. The van der Waals surface area contributed by atoms with Gasteiger partial charge in [-0.3, -0.25) is 4.79 Å². The lowest BCUT2D eigenvalue weighted by Crippen LogP contribution is -2.51. The summed E-state index contributed by atoms with van der Waals surface area (Å²) in [6, 6.07) is 8.25. The molecule has 1 aromatic heterocycles. The maximum atomic E-state index is 12.9. The Kier molecular flexibility index (Phi) is 6.38. The summed E-state index contributed by atoms with van der Waals surface area (Å²) in [5.41, 5.74) is 8.89. The van der Waals surface area contributed by atoms with Gasteiger partial charge in [-0.15, -0.1) is 23.7 Å². The van der Waals surface area contributed by atoms with Gasteiger partial charge in [0.15, 0.2) is 0 Å². The predicted octanol–water partition coefficient (Wildman–Crippen LogP) is 3.88. The van der Waals surface area contributed by atoms with Crippen LogP contribution in [0, 0.1) is 6.92 Å². The van der Waals surface area contributed by atoms with E-state index in [-0.39, 0.29) is 30.4 Å². The van der Waals surface area contributed by atoms with E-state index in [1.54, 1.807) is 0 Å². The monoisotopic (exact) mass is 365 g/mol. The van der Waals surface area contributed by atoms with Gasteiger partial charge in [0.1, 0.15) is 10.7 Å². The van der Waals surface area contributed by atoms with E-state index in [1.807, 2.05) is 35.4 Å². The number of amides is 1. The van der Waals surface area contributed by atoms with Crippen LogP contribution >= 0.6 is 23.7 Å². The largest absolute Gasteiger partial charge is 0.333 e. The first-order chi connectivity index (χ1) is 11.1. The van der Waals surface area contributed by atoms with Crippen LogP contribution in [-0.2, 0) is 0 Å². The van der Waals surface area contributed by atoms with Gasteiger partial charge in [0.2, 0.25) is 0 Å². The third kappa shape index (κ3) is 3.79. The summed E-state index contributed by atoms with van der Waals surface area (Å²) >= 11 is 1.53. The molecule has 3 rings (SSSR count). The average Bonchev–Trinajstić information content (AvgIpc) is 3.04. The summed E-state index contributed by atoms with van der Waals surface area (Å²) in [6.07, 6.45) is 3.17. The Morgan fingerprint density at radius 1 is 1.38 bits per heavy atom. The van der Waals surface area contributed by atoms with E-state index in [2.05, 4.69) is 18.0 Å². The number of hydrogen-bond donors (Lipinski definition) is 1. The zero-order valence-corrected chi connectivity index (χ0v) is 15.7. The van der Waals surface area contributed by atoms with Crippen LogP contribution in [0.2, 0.25) is 0 Å². The first-order valence-electron chi connectivity index (χ1n) is 8.16. The Bertz CT molecular complexity index is 701. The van der Waals surface area contributed by atoms with E-state index in [0.29, 0.717) is 5.69 Å². The molecular weight excluding hydrogens is 342 g/mol. The number of halogens is 1. The Labute approximate surface area is 153 Å². The zero-order valence-electron chi connectivity index (χ0n) is 14.1. The number of carbonyl (C=O) groups excluding carboxylic acids is 1. The van der Waals surface area contributed by atoms with Crippen molar-refractivity contribution in [1.82, 2.24) is 9.88 Å². The number of rotatable bonds is 3. The molecule has 24 heavy (non-hydrogen) atoms.